The number of amides is 1. The molecule has 4 nitrogen and oxygen atoms in total. The number of phenols is 1. The fourth-order valence-electron chi connectivity index (χ4n) is 2.19. The van der Waals surface area contributed by atoms with Gasteiger partial charge >= 0.3 is 0 Å². The van der Waals surface area contributed by atoms with E-state index in [9.17, 15) is 9.90 Å². The first-order chi connectivity index (χ1) is 10.2. The van der Waals surface area contributed by atoms with E-state index >= 15 is 0 Å². The summed E-state index contributed by atoms with van der Waals surface area (Å²) in [4.78, 5) is 16.6. The number of fused-ring (bicyclic) bond motifs is 1. The smallest absolute Gasteiger partial charge is 0.252 e. The second-order valence-electron chi connectivity index (χ2n) is 4.72. The third-order valence-corrected chi connectivity index (χ3v) is 3.28. The summed E-state index contributed by atoms with van der Waals surface area (Å²) in [5.74, 6) is 0.0758. The molecule has 2 aromatic carbocycles. The summed E-state index contributed by atoms with van der Waals surface area (Å²) in [7, 11) is 0. The predicted octanol–water partition coefficient (Wildman–Crippen LogP) is 2.87. The number of carbonyl (C=O) groups is 1. The van der Waals surface area contributed by atoms with Crippen LogP contribution in [0, 0.1) is 0 Å². The molecule has 1 aromatic heterocycles. The first-order valence-electron chi connectivity index (χ1n) is 6.64. The SMILES string of the molecule is O=C(NCc1ccc(O)cc1)c1cccc2ncccc12. The Balaban J connectivity index is 1.79. The normalized spacial score (nSPS) is 10.5. The van der Waals surface area contributed by atoms with Gasteiger partial charge in [0.25, 0.3) is 5.91 Å². The van der Waals surface area contributed by atoms with Crippen LogP contribution in [-0.2, 0) is 6.54 Å². The minimum atomic E-state index is -0.137. The number of aromatic nitrogens is 1. The molecule has 0 atom stereocenters. The number of nitrogens with zero attached hydrogens (tertiary/aromatic N) is 1. The van der Waals surface area contributed by atoms with E-state index in [1.54, 1.807) is 36.5 Å². The summed E-state index contributed by atoms with van der Waals surface area (Å²) in [6.45, 7) is 0.412. The second-order valence-corrected chi connectivity index (χ2v) is 4.72. The Morgan fingerprint density at radius 2 is 1.86 bits per heavy atom. The van der Waals surface area contributed by atoms with Crippen molar-refractivity contribution in [1.82, 2.24) is 10.3 Å². The van der Waals surface area contributed by atoms with E-state index in [-0.39, 0.29) is 11.7 Å². The van der Waals surface area contributed by atoms with Gasteiger partial charge in [0.2, 0.25) is 0 Å². The van der Waals surface area contributed by atoms with Gasteiger partial charge < -0.3 is 10.4 Å². The Bertz CT molecular complexity index is 777. The van der Waals surface area contributed by atoms with Crippen LogP contribution < -0.4 is 5.32 Å². The highest BCUT2D eigenvalue weighted by atomic mass is 16.3. The highest BCUT2D eigenvalue weighted by Crippen LogP contribution is 2.16. The Morgan fingerprint density at radius 1 is 1.05 bits per heavy atom. The van der Waals surface area contributed by atoms with Crippen LogP contribution in [0.3, 0.4) is 0 Å². The van der Waals surface area contributed by atoms with E-state index in [0.717, 1.165) is 16.5 Å². The minimum Gasteiger partial charge on any atom is -0.508 e. The zero-order valence-corrected chi connectivity index (χ0v) is 11.3. The van der Waals surface area contributed by atoms with E-state index in [4.69, 9.17) is 0 Å². The van der Waals surface area contributed by atoms with Crippen molar-refractivity contribution < 1.29 is 9.90 Å². The Labute approximate surface area is 122 Å². The summed E-state index contributed by atoms with van der Waals surface area (Å²) in [5.41, 5.74) is 2.34. The van der Waals surface area contributed by atoms with Gasteiger partial charge in [0, 0.05) is 23.7 Å². The van der Waals surface area contributed by atoms with Crippen LogP contribution in [0.15, 0.2) is 60.8 Å². The molecule has 0 aliphatic carbocycles. The van der Waals surface area contributed by atoms with Crippen LogP contribution in [0.2, 0.25) is 0 Å². The predicted molar refractivity (Wildman–Crippen MR) is 81.0 cm³/mol. The van der Waals surface area contributed by atoms with Crippen LogP contribution >= 0.6 is 0 Å². The maximum Gasteiger partial charge on any atom is 0.252 e. The Morgan fingerprint density at radius 3 is 2.67 bits per heavy atom. The maximum absolute atomic E-state index is 12.3. The molecule has 0 unspecified atom stereocenters. The van der Waals surface area contributed by atoms with Crippen molar-refractivity contribution in [3.63, 3.8) is 0 Å². The van der Waals surface area contributed by atoms with E-state index in [0.29, 0.717) is 12.1 Å². The third kappa shape index (κ3) is 2.84. The van der Waals surface area contributed by atoms with Crippen molar-refractivity contribution in [3.8, 4) is 5.75 Å². The van der Waals surface area contributed by atoms with Gasteiger partial charge in [-0.2, -0.15) is 0 Å². The van der Waals surface area contributed by atoms with E-state index < -0.39 is 0 Å². The lowest BCUT2D eigenvalue weighted by Gasteiger charge is -2.08. The molecular formula is C17H14N2O2. The highest BCUT2D eigenvalue weighted by molar-refractivity contribution is 6.06. The molecule has 0 saturated heterocycles. The number of aromatic hydroxyl groups is 1. The van der Waals surface area contributed by atoms with Crippen LogP contribution in [-0.4, -0.2) is 16.0 Å². The first kappa shape index (κ1) is 13.1. The number of benzene rings is 2. The fourth-order valence-corrected chi connectivity index (χ4v) is 2.19. The standard InChI is InChI=1S/C17H14N2O2/c20-13-8-6-12(7-9-13)11-19-17(21)15-3-1-5-16-14(15)4-2-10-18-16/h1-10,20H,11H2,(H,19,21). The second kappa shape index (κ2) is 5.63. The fraction of sp³-hybridized carbons (Fsp3) is 0.0588. The number of rotatable bonds is 3. The third-order valence-electron chi connectivity index (χ3n) is 3.28. The van der Waals surface area contributed by atoms with Crippen LogP contribution in [0.4, 0.5) is 0 Å². The molecule has 0 spiro atoms. The number of phenolic OH excluding ortho intramolecular Hbond substituents is 1. The van der Waals surface area contributed by atoms with Crippen molar-refractivity contribution >= 4 is 16.8 Å². The number of hydrogen-bond acceptors (Lipinski definition) is 3. The van der Waals surface area contributed by atoms with Gasteiger partial charge in [0.1, 0.15) is 5.75 Å². The van der Waals surface area contributed by atoms with Crippen LogP contribution in [0.1, 0.15) is 15.9 Å². The van der Waals surface area contributed by atoms with Gasteiger partial charge in [-0.25, -0.2) is 0 Å². The van der Waals surface area contributed by atoms with E-state index in [1.165, 1.54) is 0 Å². The lowest BCUT2D eigenvalue weighted by molar-refractivity contribution is 0.0952. The number of hydrogen-bond donors (Lipinski definition) is 2. The quantitative estimate of drug-likeness (QED) is 0.774. The molecule has 0 bridgehead atoms. The van der Waals surface area contributed by atoms with Crippen molar-refractivity contribution in [2.24, 2.45) is 0 Å². The first-order valence-corrected chi connectivity index (χ1v) is 6.64. The zero-order chi connectivity index (χ0) is 14.7. The molecule has 3 aromatic rings. The largest absolute Gasteiger partial charge is 0.508 e. The molecule has 2 N–H and O–H groups in total. The number of pyridine rings is 1. The molecule has 0 aliphatic heterocycles. The monoisotopic (exact) mass is 278 g/mol. The van der Waals surface area contributed by atoms with Crippen molar-refractivity contribution in [1.29, 1.82) is 0 Å². The lowest BCUT2D eigenvalue weighted by Crippen LogP contribution is -2.23. The summed E-state index contributed by atoms with van der Waals surface area (Å²) in [5, 5.41) is 13.0. The molecule has 1 amide bonds. The molecule has 4 heteroatoms. The molecule has 3 rings (SSSR count). The van der Waals surface area contributed by atoms with Crippen molar-refractivity contribution in [3.05, 3.63) is 71.9 Å². The van der Waals surface area contributed by atoms with Gasteiger partial charge in [-0.3, -0.25) is 9.78 Å². The van der Waals surface area contributed by atoms with E-state index in [1.807, 2.05) is 24.3 Å². The molecule has 1 heterocycles. The van der Waals surface area contributed by atoms with Gasteiger partial charge in [0.05, 0.1) is 5.52 Å². The molecule has 0 fully saturated rings. The van der Waals surface area contributed by atoms with Gasteiger partial charge in [-0.15, -0.1) is 0 Å². The van der Waals surface area contributed by atoms with Gasteiger partial charge in [-0.05, 0) is 35.9 Å². The summed E-state index contributed by atoms with van der Waals surface area (Å²) in [6, 6.07) is 16.0. The summed E-state index contributed by atoms with van der Waals surface area (Å²) >= 11 is 0. The van der Waals surface area contributed by atoms with Gasteiger partial charge in [-0.1, -0.05) is 24.3 Å². The minimum absolute atomic E-state index is 0.137. The molecule has 104 valence electrons. The molecule has 21 heavy (non-hydrogen) atoms. The Hall–Kier alpha value is -2.88. The summed E-state index contributed by atoms with van der Waals surface area (Å²) < 4.78 is 0. The summed E-state index contributed by atoms with van der Waals surface area (Å²) in [6.07, 6.45) is 1.71. The maximum atomic E-state index is 12.3. The average molecular weight is 278 g/mol. The average Bonchev–Trinajstić information content (AvgIpc) is 2.53. The molecular weight excluding hydrogens is 264 g/mol. The topological polar surface area (TPSA) is 62.2 Å². The van der Waals surface area contributed by atoms with Crippen LogP contribution in [0.25, 0.3) is 10.9 Å². The van der Waals surface area contributed by atoms with E-state index in [2.05, 4.69) is 10.3 Å². The molecule has 0 aliphatic rings. The lowest BCUT2D eigenvalue weighted by atomic mass is 10.1. The zero-order valence-electron chi connectivity index (χ0n) is 11.3. The van der Waals surface area contributed by atoms with Gasteiger partial charge in [0.15, 0.2) is 0 Å². The molecule has 0 radical (unpaired) electrons. The van der Waals surface area contributed by atoms with Crippen molar-refractivity contribution in [2.45, 2.75) is 6.54 Å². The van der Waals surface area contributed by atoms with Crippen LogP contribution in [0.5, 0.6) is 5.75 Å². The number of nitrogens with one attached hydrogen (secondary N) is 1. The van der Waals surface area contributed by atoms with Crippen molar-refractivity contribution in [2.75, 3.05) is 0 Å². The number of carbonyl (C=O) groups excluding carboxylic acids is 1. The highest BCUT2D eigenvalue weighted by Gasteiger charge is 2.09. The molecule has 0 saturated carbocycles. The Kier molecular flexibility index (Phi) is 3.51.